The molecule has 0 saturated heterocycles. The van der Waals surface area contributed by atoms with Gasteiger partial charge in [-0.05, 0) is 68.3 Å². The number of ether oxygens (including phenoxy) is 1. The van der Waals surface area contributed by atoms with Gasteiger partial charge in [-0.2, -0.15) is 0 Å². The van der Waals surface area contributed by atoms with Gasteiger partial charge < -0.3 is 15.4 Å². The first-order valence-electron chi connectivity index (χ1n) is 9.29. The third kappa shape index (κ3) is 6.81. The zero-order chi connectivity index (χ0) is 22.3. The van der Waals surface area contributed by atoms with Gasteiger partial charge in [-0.1, -0.05) is 15.9 Å². The van der Waals surface area contributed by atoms with Gasteiger partial charge in [-0.25, -0.2) is 0 Å². The summed E-state index contributed by atoms with van der Waals surface area (Å²) in [5, 5.41) is 5.34. The second-order valence-corrected chi connectivity index (χ2v) is 7.59. The van der Waals surface area contributed by atoms with Gasteiger partial charge in [0.25, 0.3) is 5.91 Å². The van der Waals surface area contributed by atoms with E-state index in [2.05, 4.69) is 26.6 Å². The molecule has 0 fully saturated rings. The Kier molecular flexibility index (Phi) is 8.29. The number of rotatable bonds is 8. The highest BCUT2D eigenvalue weighted by Crippen LogP contribution is 2.25. The molecule has 0 bridgehead atoms. The van der Waals surface area contributed by atoms with E-state index >= 15 is 0 Å². The lowest BCUT2D eigenvalue weighted by molar-refractivity contribution is -0.147. The van der Waals surface area contributed by atoms with Crippen LogP contribution in [0.5, 0.6) is 0 Å². The third-order valence-corrected chi connectivity index (χ3v) is 5.35. The first-order chi connectivity index (χ1) is 14.2. The molecular formula is C22H23BrN2O5. The van der Waals surface area contributed by atoms with Crippen LogP contribution in [0.1, 0.15) is 41.3 Å². The number of benzene rings is 2. The van der Waals surface area contributed by atoms with Crippen molar-refractivity contribution >= 4 is 50.9 Å². The van der Waals surface area contributed by atoms with Crippen molar-refractivity contribution in [2.24, 2.45) is 0 Å². The Bertz CT molecular complexity index is 970. The maximum atomic E-state index is 12.0. The van der Waals surface area contributed by atoms with Crippen LogP contribution in [0.25, 0.3) is 0 Å². The zero-order valence-electron chi connectivity index (χ0n) is 17.0. The van der Waals surface area contributed by atoms with Crippen LogP contribution in [-0.4, -0.2) is 30.2 Å². The Morgan fingerprint density at radius 1 is 0.867 bits per heavy atom. The number of ketones is 1. The molecule has 0 atom stereocenters. The number of hydrogen-bond donors (Lipinski definition) is 2. The van der Waals surface area contributed by atoms with Crippen molar-refractivity contribution in [2.45, 2.75) is 33.6 Å². The number of anilines is 2. The minimum Gasteiger partial charge on any atom is -0.456 e. The fourth-order valence-electron chi connectivity index (χ4n) is 2.55. The maximum absolute atomic E-state index is 12.0. The first kappa shape index (κ1) is 23.3. The summed E-state index contributed by atoms with van der Waals surface area (Å²) in [5.74, 6) is -1.53. The summed E-state index contributed by atoms with van der Waals surface area (Å²) in [6, 6.07) is 10.0. The molecule has 7 nitrogen and oxygen atoms in total. The molecule has 0 aromatic heterocycles. The van der Waals surface area contributed by atoms with Crippen molar-refractivity contribution in [1.82, 2.24) is 0 Å². The van der Waals surface area contributed by atoms with Crippen molar-refractivity contribution in [2.75, 3.05) is 17.2 Å². The zero-order valence-corrected chi connectivity index (χ0v) is 18.6. The Hall–Kier alpha value is -3.00. The number of esters is 1. The molecule has 30 heavy (non-hydrogen) atoms. The lowest BCUT2D eigenvalue weighted by Crippen LogP contribution is -2.22. The van der Waals surface area contributed by atoms with E-state index in [0.717, 1.165) is 15.6 Å². The standard InChI is InChI=1S/C22H23BrN2O5/c1-13-14(2)19(9-8-18(13)23)25-21(28)12-30-22(29)11-10-20(27)24-17-6-4-16(5-7-17)15(3)26/h4-9H,10-12H2,1-3H3,(H,24,27)(H,25,28). The van der Waals surface area contributed by atoms with Gasteiger partial charge in [-0.15, -0.1) is 0 Å². The highest BCUT2D eigenvalue weighted by Gasteiger charge is 2.13. The van der Waals surface area contributed by atoms with Gasteiger partial charge in [0.05, 0.1) is 6.42 Å². The molecule has 0 aliphatic heterocycles. The minimum atomic E-state index is -0.643. The maximum Gasteiger partial charge on any atom is 0.306 e. The molecule has 2 rings (SSSR count). The average molecular weight is 475 g/mol. The van der Waals surface area contributed by atoms with E-state index in [1.807, 2.05) is 19.9 Å². The van der Waals surface area contributed by atoms with E-state index in [4.69, 9.17) is 4.74 Å². The van der Waals surface area contributed by atoms with Gasteiger partial charge in [0, 0.05) is 27.8 Å². The van der Waals surface area contributed by atoms with Crippen LogP contribution in [0.15, 0.2) is 40.9 Å². The van der Waals surface area contributed by atoms with E-state index in [-0.39, 0.29) is 24.5 Å². The molecule has 158 valence electrons. The predicted octanol–water partition coefficient (Wildman–Crippen LogP) is 4.17. The summed E-state index contributed by atoms with van der Waals surface area (Å²) in [5.41, 5.74) is 3.64. The average Bonchev–Trinajstić information content (AvgIpc) is 2.71. The molecule has 2 N–H and O–H groups in total. The van der Waals surface area contributed by atoms with Crippen molar-refractivity contribution in [3.63, 3.8) is 0 Å². The highest BCUT2D eigenvalue weighted by atomic mass is 79.9. The number of carbonyl (C=O) groups excluding carboxylic acids is 4. The molecule has 8 heteroatoms. The van der Waals surface area contributed by atoms with Gasteiger partial charge >= 0.3 is 5.97 Å². The van der Waals surface area contributed by atoms with E-state index < -0.39 is 18.5 Å². The van der Waals surface area contributed by atoms with E-state index in [0.29, 0.717) is 16.9 Å². The molecule has 2 amide bonds. The van der Waals surface area contributed by atoms with Crippen molar-refractivity contribution in [3.05, 3.63) is 57.6 Å². The lowest BCUT2D eigenvalue weighted by Gasteiger charge is -2.12. The quantitative estimate of drug-likeness (QED) is 0.441. The van der Waals surface area contributed by atoms with Crippen LogP contribution in [0, 0.1) is 13.8 Å². The summed E-state index contributed by atoms with van der Waals surface area (Å²) in [6.07, 6.45) is -0.235. The van der Waals surface area contributed by atoms with E-state index in [9.17, 15) is 19.2 Å². The van der Waals surface area contributed by atoms with Crippen molar-refractivity contribution < 1.29 is 23.9 Å². The number of carbonyl (C=O) groups is 4. The van der Waals surface area contributed by atoms with Crippen LogP contribution in [0.3, 0.4) is 0 Å². The molecule has 0 aliphatic rings. The molecule has 0 aliphatic carbocycles. The van der Waals surface area contributed by atoms with Crippen LogP contribution >= 0.6 is 15.9 Å². The predicted molar refractivity (Wildman–Crippen MR) is 118 cm³/mol. The third-order valence-electron chi connectivity index (χ3n) is 4.49. The van der Waals surface area contributed by atoms with Gasteiger partial charge in [0.15, 0.2) is 12.4 Å². The highest BCUT2D eigenvalue weighted by molar-refractivity contribution is 9.10. The Morgan fingerprint density at radius 2 is 1.53 bits per heavy atom. The summed E-state index contributed by atoms with van der Waals surface area (Å²) in [7, 11) is 0. The van der Waals surface area contributed by atoms with Crippen LogP contribution in [0.4, 0.5) is 11.4 Å². The van der Waals surface area contributed by atoms with Crippen molar-refractivity contribution in [3.8, 4) is 0 Å². The SMILES string of the molecule is CC(=O)c1ccc(NC(=O)CCC(=O)OCC(=O)Nc2ccc(Br)c(C)c2C)cc1. The second kappa shape index (κ2) is 10.7. The number of amides is 2. The number of Topliss-reactive ketones (excluding diaryl/α,β-unsaturated/α-hetero) is 1. The Balaban J connectivity index is 1.74. The van der Waals surface area contributed by atoms with Gasteiger partial charge in [-0.3, -0.25) is 19.2 Å². The fourth-order valence-corrected chi connectivity index (χ4v) is 2.98. The van der Waals surface area contributed by atoms with Crippen LogP contribution in [-0.2, 0) is 19.1 Å². The molecule has 0 unspecified atom stereocenters. The van der Waals surface area contributed by atoms with Crippen molar-refractivity contribution in [1.29, 1.82) is 0 Å². The molecule has 0 spiro atoms. The Labute approximate surface area is 183 Å². The monoisotopic (exact) mass is 474 g/mol. The normalized spacial score (nSPS) is 10.3. The summed E-state index contributed by atoms with van der Waals surface area (Å²) in [6.45, 7) is 4.84. The fraction of sp³-hybridized carbons (Fsp3) is 0.273. The first-order valence-corrected chi connectivity index (χ1v) is 10.1. The summed E-state index contributed by atoms with van der Waals surface area (Å²) >= 11 is 3.43. The molecular weight excluding hydrogens is 452 g/mol. The molecule has 0 saturated carbocycles. The minimum absolute atomic E-state index is 0.0647. The number of hydrogen-bond acceptors (Lipinski definition) is 5. The molecule has 0 heterocycles. The lowest BCUT2D eigenvalue weighted by atomic mass is 10.1. The smallest absolute Gasteiger partial charge is 0.306 e. The second-order valence-electron chi connectivity index (χ2n) is 6.74. The largest absolute Gasteiger partial charge is 0.456 e. The van der Waals surface area contributed by atoms with E-state index in [1.165, 1.54) is 6.92 Å². The summed E-state index contributed by atoms with van der Waals surface area (Å²) < 4.78 is 5.88. The Morgan fingerprint density at radius 3 is 2.17 bits per heavy atom. The van der Waals surface area contributed by atoms with Gasteiger partial charge in [0.2, 0.25) is 5.91 Å². The van der Waals surface area contributed by atoms with Crippen LogP contribution < -0.4 is 10.6 Å². The number of nitrogens with one attached hydrogen (secondary N) is 2. The molecule has 0 radical (unpaired) electrons. The van der Waals surface area contributed by atoms with Crippen LogP contribution in [0.2, 0.25) is 0 Å². The molecule has 2 aromatic carbocycles. The summed E-state index contributed by atoms with van der Waals surface area (Å²) in [4.78, 5) is 47.0. The topological polar surface area (TPSA) is 102 Å². The van der Waals surface area contributed by atoms with Gasteiger partial charge in [0.1, 0.15) is 0 Å². The number of halogens is 1. The molecule has 2 aromatic rings. The van der Waals surface area contributed by atoms with E-state index in [1.54, 1.807) is 30.3 Å².